The summed E-state index contributed by atoms with van der Waals surface area (Å²) in [5, 5.41) is 7.94. The molecule has 0 aliphatic carbocycles. The van der Waals surface area contributed by atoms with Crippen LogP contribution in [0.4, 0.5) is 4.39 Å². The number of fused-ring (bicyclic) bond motifs is 1. The van der Waals surface area contributed by atoms with Crippen LogP contribution in [0.1, 0.15) is 30.3 Å². The third kappa shape index (κ3) is 2.91. The van der Waals surface area contributed by atoms with Crippen LogP contribution in [-0.4, -0.2) is 34.8 Å². The molecule has 118 valence electrons. The highest BCUT2D eigenvalue weighted by Gasteiger charge is 2.24. The Hall–Kier alpha value is -1.72. The molecular weight excluding hydrogens is 279 g/mol. The highest BCUT2D eigenvalue weighted by Crippen LogP contribution is 2.25. The average Bonchev–Trinajstić information content (AvgIpc) is 2.86. The maximum absolute atomic E-state index is 13.5. The van der Waals surface area contributed by atoms with E-state index in [4.69, 9.17) is 5.10 Å². The summed E-state index contributed by atoms with van der Waals surface area (Å²) in [4.78, 5) is 2.47. The maximum Gasteiger partial charge on any atom is 0.125 e. The van der Waals surface area contributed by atoms with E-state index in [9.17, 15) is 4.39 Å². The van der Waals surface area contributed by atoms with Crippen LogP contribution in [0, 0.1) is 5.82 Å². The van der Waals surface area contributed by atoms with Gasteiger partial charge in [-0.2, -0.15) is 5.10 Å². The van der Waals surface area contributed by atoms with Gasteiger partial charge < -0.3 is 5.32 Å². The molecule has 0 bridgehead atoms. The first kappa shape index (κ1) is 15.2. The van der Waals surface area contributed by atoms with E-state index in [1.165, 1.54) is 17.3 Å². The molecule has 0 radical (unpaired) electrons. The lowest BCUT2D eigenvalue weighted by molar-refractivity contribution is 0.252. The Morgan fingerprint density at radius 1 is 1.36 bits per heavy atom. The smallest absolute Gasteiger partial charge is 0.125 e. The zero-order valence-electron chi connectivity index (χ0n) is 13.3. The molecule has 1 N–H and O–H groups in total. The van der Waals surface area contributed by atoms with E-state index in [2.05, 4.69) is 17.1 Å². The SMILES string of the molecule is CCCN1CCc2c(c(CNC)nn2-c2cccc(F)c2)C1. The van der Waals surface area contributed by atoms with Gasteiger partial charge in [0.1, 0.15) is 5.82 Å². The molecule has 0 saturated carbocycles. The van der Waals surface area contributed by atoms with Gasteiger partial charge in [0.2, 0.25) is 0 Å². The number of hydrogen-bond acceptors (Lipinski definition) is 3. The Bertz CT molecular complexity index is 650. The van der Waals surface area contributed by atoms with Crippen LogP contribution in [0.15, 0.2) is 24.3 Å². The van der Waals surface area contributed by atoms with E-state index in [1.807, 2.05) is 17.8 Å². The van der Waals surface area contributed by atoms with Crippen molar-refractivity contribution in [3.8, 4) is 5.69 Å². The van der Waals surface area contributed by atoms with Gasteiger partial charge >= 0.3 is 0 Å². The van der Waals surface area contributed by atoms with Crippen molar-refractivity contribution in [3.05, 3.63) is 47.0 Å². The fraction of sp³-hybridized carbons (Fsp3) is 0.471. The molecule has 0 spiro atoms. The van der Waals surface area contributed by atoms with Gasteiger partial charge in [0.25, 0.3) is 0 Å². The van der Waals surface area contributed by atoms with E-state index in [0.29, 0.717) is 0 Å². The van der Waals surface area contributed by atoms with Gasteiger partial charge in [-0.15, -0.1) is 0 Å². The number of hydrogen-bond donors (Lipinski definition) is 1. The first-order valence-corrected chi connectivity index (χ1v) is 7.95. The van der Waals surface area contributed by atoms with Gasteiger partial charge in [0, 0.05) is 31.6 Å². The van der Waals surface area contributed by atoms with E-state index >= 15 is 0 Å². The quantitative estimate of drug-likeness (QED) is 0.921. The van der Waals surface area contributed by atoms with Crippen molar-refractivity contribution in [2.75, 3.05) is 20.1 Å². The lowest BCUT2D eigenvalue weighted by Gasteiger charge is -2.27. The van der Waals surface area contributed by atoms with E-state index in [1.54, 1.807) is 12.1 Å². The molecule has 4 nitrogen and oxygen atoms in total. The molecule has 2 aromatic rings. The molecule has 5 heteroatoms. The van der Waals surface area contributed by atoms with Crippen molar-refractivity contribution in [2.24, 2.45) is 0 Å². The summed E-state index contributed by atoms with van der Waals surface area (Å²) in [5.41, 5.74) is 4.41. The molecule has 22 heavy (non-hydrogen) atoms. The van der Waals surface area contributed by atoms with Crippen LogP contribution in [-0.2, 0) is 19.5 Å². The first-order valence-electron chi connectivity index (χ1n) is 7.95. The minimum atomic E-state index is -0.222. The van der Waals surface area contributed by atoms with Gasteiger partial charge in [0.15, 0.2) is 0 Å². The van der Waals surface area contributed by atoms with Crippen molar-refractivity contribution in [2.45, 2.75) is 32.9 Å². The van der Waals surface area contributed by atoms with Crippen LogP contribution in [0.25, 0.3) is 5.69 Å². The molecule has 0 amide bonds. The predicted molar refractivity (Wildman–Crippen MR) is 85.6 cm³/mol. The number of nitrogens with one attached hydrogen (secondary N) is 1. The van der Waals surface area contributed by atoms with Crippen molar-refractivity contribution >= 4 is 0 Å². The second kappa shape index (κ2) is 6.58. The van der Waals surface area contributed by atoms with Crippen LogP contribution in [0.5, 0.6) is 0 Å². The molecular formula is C17H23FN4. The Morgan fingerprint density at radius 2 is 2.23 bits per heavy atom. The number of rotatable bonds is 5. The van der Waals surface area contributed by atoms with Crippen LogP contribution >= 0.6 is 0 Å². The Kier molecular flexibility index (Phi) is 4.55. The normalized spacial score (nSPS) is 15.0. The summed E-state index contributed by atoms with van der Waals surface area (Å²) in [6, 6.07) is 6.67. The monoisotopic (exact) mass is 302 g/mol. The lowest BCUT2D eigenvalue weighted by atomic mass is 10.0. The highest BCUT2D eigenvalue weighted by atomic mass is 19.1. The summed E-state index contributed by atoms with van der Waals surface area (Å²) < 4.78 is 15.5. The minimum Gasteiger partial charge on any atom is -0.314 e. The molecule has 1 aromatic carbocycles. The summed E-state index contributed by atoms with van der Waals surface area (Å²) in [7, 11) is 1.93. The molecule has 1 aliphatic heterocycles. The van der Waals surface area contributed by atoms with E-state index in [0.717, 1.165) is 50.4 Å². The second-order valence-corrected chi connectivity index (χ2v) is 5.82. The van der Waals surface area contributed by atoms with Crippen LogP contribution in [0.2, 0.25) is 0 Å². The topological polar surface area (TPSA) is 33.1 Å². The van der Waals surface area contributed by atoms with Crippen molar-refractivity contribution in [1.82, 2.24) is 20.0 Å². The van der Waals surface area contributed by atoms with Gasteiger partial charge in [-0.25, -0.2) is 9.07 Å². The summed E-state index contributed by atoms with van der Waals surface area (Å²) in [5.74, 6) is -0.222. The lowest BCUT2D eigenvalue weighted by Crippen LogP contribution is -2.32. The number of halogens is 1. The summed E-state index contributed by atoms with van der Waals surface area (Å²) in [6.45, 7) is 6.05. The zero-order chi connectivity index (χ0) is 15.5. The van der Waals surface area contributed by atoms with Crippen molar-refractivity contribution in [1.29, 1.82) is 0 Å². The van der Waals surface area contributed by atoms with Gasteiger partial charge in [-0.3, -0.25) is 4.90 Å². The first-order chi connectivity index (χ1) is 10.7. The molecule has 1 aromatic heterocycles. The number of nitrogens with zero attached hydrogens (tertiary/aromatic N) is 3. The van der Waals surface area contributed by atoms with Crippen LogP contribution in [0.3, 0.4) is 0 Å². The fourth-order valence-corrected chi connectivity index (χ4v) is 3.18. The molecule has 3 rings (SSSR count). The van der Waals surface area contributed by atoms with Crippen LogP contribution < -0.4 is 5.32 Å². The third-order valence-electron chi connectivity index (χ3n) is 4.16. The molecule has 0 unspecified atom stereocenters. The van der Waals surface area contributed by atoms with E-state index < -0.39 is 0 Å². The van der Waals surface area contributed by atoms with Gasteiger partial charge in [-0.1, -0.05) is 13.0 Å². The number of aromatic nitrogens is 2. The Morgan fingerprint density at radius 3 is 2.95 bits per heavy atom. The molecule has 0 saturated heterocycles. The Balaban J connectivity index is 2.01. The van der Waals surface area contributed by atoms with E-state index in [-0.39, 0.29) is 5.82 Å². The third-order valence-corrected chi connectivity index (χ3v) is 4.16. The molecule has 1 aliphatic rings. The zero-order valence-corrected chi connectivity index (χ0v) is 13.3. The summed E-state index contributed by atoms with van der Waals surface area (Å²) in [6.07, 6.45) is 2.12. The van der Waals surface area contributed by atoms with Crippen molar-refractivity contribution in [3.63, 3.8) is 0 Å². The minimum absolute atomic E-state index is 0.222. The highest BCUT2D eigenvalue weighted by molar-refractivity contribution is 5.39. The fourth-order valence-electron chi connectivity index (χ4n) is 3.18. The predicted octanol–water partition coefficient (Wildman–Crippen LogP) is 2.50. The summed E-state index contributed by atoms with van der Waals surface area (Å²) >= 11 is 0. The average molecular weight is 302 g/mol. The van der Waals surface area contributed by atoms with Gasteiger partial charge in [0.05, 0.1) is 17.1 Å². The maximum atomic E-state index is 13.5. The molecule has 2 heterocycles. The second-order valence-electron chi connectivity index (χ2n) is 5.82. The largest absolute Gasteiger partial charge is 0.314 e. The number of benzene rings is 1. The standard InChI is InChI=1S/C17H23FN4/c1-3-8-21-9-7-17-15(12-21)16(11-19-2)20-22(17)14-6-4-5-13(18)10-14/h4-6,10,19H,3,7-9,11-12H2,1-2H3. The van der Waals surface area contributed by atoms with Crippen molar-refractivity contribution < 1.29 is 4.39 Å². The molecule has 0 atom stereocenters. The Labute approximate surface area is 130 Å². The van der Waals surface area contributed by atoms with Gasteiger partial charge in [-0.05, 0) is 38.2 Å². The molecule has 0 fully saturated rings.